The SMILES string of the molecule is C=CCOCC1CCN(C(=O)c2cc(C)cc(C)c2)CC1. The van der Waals surface area contributed by atoms with Crippen LogP contribution in [0.25, 0.3) is 0 Å². The van der Waals surface area contributed by atoms with E-state index in [4.69, 9.17) is 4.74 Å². The van der Waals surface area contributed by atoms with Gasteiger partial charge in [-0.2, -0.15) is 0 Å². The van der Waals surface area contributed by atoms with Crippen LogP contribution in [-0.2, 0) is 4.74 Å². The molecule has 3 heteroatoms. The number of likely N-dealkylation sites (tertiary alicyclic amines) is 1. The molecule has 0 spiro atoms. The first-order valence-electron chi connectivity index (χ1n) is 7.66. The Morgan fingerprint density at radius 2 is 1.90 bits per heavy atom. The monoisotopic (exact) mass is 287 g/mol. The van der Waals surface area contributed by atoms with Gasteiger partial charge in [-0.25, -0.2) is 0 Å². The molecule has 1 fully saturated rings. The number of benzene rings is 1. The molecule has 0 unspecified atom stereocenters. The third-order valence-electron chi connectivity index (χ3n) is 3.96. The first-order chi connectivity index (χ1) is 10.1. The Morgan fingerprint density at radius 1 is 1.29 bits per heavy atom. The van der Waals surface area contributed by atoms with E-state index in [9.17, 15) is 4.79 Å². The lowest BCUT2D eigenvalue weighted by molar-refractivity contribution is 0.0575. The molecule has 0 aliphatic carbocycles. The second kappa shape index (κ2) is 7.41. The maximum atomic E-state index is 12.6. The van der Waals surface area contributed by atoms with Crippen LogP contribution in [0.3, 0.4) is 0 Å². The van der Waals surface area contributed by atoms with Crippen LogP contribution in [0.4, 0.5) is 0 Å². The number of piperidine rings is 1. The van der Waals surface area contributed by atoms with Crippen molar-refractivity contribution in [2.45, 2.75) is 26.7 Å². The Morgan fingerprint density at radius 3 is 2.48 bits per heavy atom. The first-order valence-corrected chi connectivity index (χ1v) is 7.66. The molecule has 21 heavy (non-hydrogen) atoms. The van der Waals surface area contributed by atoms with Crippen LogP contribution in [-0.4, -0.2) is 37.1 Å². The molecule has 1 saturated heterocycles. The Hall–Kier alpha value is -1.61. The van der Waals surface area contributed by atoms with Crippen molar-refractivity contribution >= 4 is 5.91 Å². The molecule has 3 nitrogen and oxygen atoms in total. The van der Waals surface area contributed by atoms with Crippen molar-refractivity contribution in [3.8, 4) is 0 Å². The summed E-state index contributed by atoms with van der Waals surface area (Å²) in [5.74, 6) is 0.723. The number of carbonyl (C=O) groups is 1. The third-order valence-corrected chi connectivity index (χ3v) is 3.96. The number of carbonyl (C=O) groups excluding carboxylic acids is 1. The summed E-state index contributed by atoms with van der Waals surface area (Å²) in [5, 5.41) is 0. The number of amides is 1. The molecule has 2 rings (SSSR count). The van der Waals surface area contributed by atoms with E-state index in [0.29, 0.717) is 12.5 Å². The molecule has 1 aromatic rings. The van der Waals surface area contributed by atoms with Crippen LogP contribution >= 0.6 is 0 Å². The molecule has 0 N–H and O–H groups in total. The van der Waals surface area contributed by atoms with Gasteiger partial charge in [-0.05, 0) is 44.7 Å². The Balaban J connectivity index is 1.89. The molecule has 0 saturated carbocycles. The third kappa shape index (κ3) is 4.43. The molecule has 1 heterocycles. The quantitative estimate of drug-likeness (QED) is 0.614. The van der Waals surface area contributed by atoms with Gasteiger partial charge in [0.2, 0.25) is 0 Å². The highest BCUT2D eigenvalue weighted by Crippen LogP contribution is 2.20. The lowest BCUT2D eigenvalue weighted by atomic mass is 9.97. The standard InChI is InChI=1S/C18H25NO2/c1-4-9-21-13-16-5-7-19(8-6-16)18(20)17-11-14(2)10-15(3)12-17/h4,10-12,16H,1,5-9,13H2,2-3H3. The van der Waals surface area contributed by atoms with Gasteiger partial charge in [-0.3, -0.25) is 4.79 Å². The van der Waals surface area contributed by atoms with E-state index in [-0.39, 0.29) is 5.91 Å². The summed E-state index contributed by atoms with van der Waals surface area (Å²) in [5.41, 5.74) is 3.10. The van der Waals surface area contributed by atoms with Gasteiger partial charge < -0.3 is 9.64 Å². The zero-order valence-corrected chi connectivity index (χ0v) is 13.1. The molecular weight excluding hydrogens is 262 g/mol. The van der Waals surface area contributed by atoms with E-state index in [2.05, 4.69) is 12.6 Å². The predicted octanol–water partition coefficient (Wildman–Crippen LogP) is 3.36. The highest BCUT2D eigenvalue weighted by atomic mass is 16.5. The highest BCUT2D eigenvalue weighted by molar-refractivity contribution is 5.94. The fraction of sp³-hybridized carbons (Fsp3) is 0.500. The maximum Gasteiger partial charge on any atom is 0.253 e. The van der Waals surface area contributed by atoms with Crippen LogP contribution in [0, 0.1) is 19.8 Å². The zero-order chi connectivity index (χ0) is 15.2. The molecule has 114 valence electrons. The predicted molar refractivity (Wildman–Crippen MR) is 85.6 cm³/mol. The summed E-state index contributed by atoms with van der Waals surface area (Å²) >= 11 is 0. The lowest BCUT2D eigenvalue weighted by Crippen LogP contribution is -2.39. The largest absolute Gasteiger partial charge is 0.377 e. The van der Waals surface area contributed by atoms with Gasteiger partial charge in [0.05, 0.1) is 6.61 Å². The fourth-order valence-corrected chi connectivity index (χ4v) is 2.90. The molecule has 0 atom stereocenters. The topological polar surface area (TPSA) is 29.5 Å². The van der Waals surface area contributed by atoms with Gasteiger partial charge >= 0.3 is 0 Å². The van der Waals surface area contributed by atoms with Crippen molar-refractivity contribution in [2.75, 3.05) is 26.3 Å². The summed E-state index contributed by atoms with van der Waals surface area (Å²) in [6, 6.07) is 6.06. The van der Waals surface area contributed by atoms with Gasteiger partial charge in [0, 0.05) is 25.3 Å². The van der Waals surface area contributed by atoms with Crippen molar-refractivity contribution in [3.63, 3.8) is 0 Å². The van der Waals surface area contributed by atoms with Gasteiger partial charge in [0.1, 0.15) is 0 Å². The number of ether oxygens (including phenoxy) is 1. The van der Waals surface area contributed by atoms with E-state index < -0.39 is 0 Å². The number of nitrogens with zero attached hydrogens (tertiary/aromatic N) is 1. The first kappa shape index (κ1) is 15.8. The zero-order valence-electron chi connectivity index (χ0n) is 13.1. The highest BCUT2D eigenvalue weighted by Gasteiger charge is 2.23. The summed E-state index contributed by atoms with van der Waals surface area (Å²) in [4.78, 5) is 14.5. The summed E-state index contributed by atoms with van der Waals surface area (Å²) in [6.07, 6.45) is 3.82. The molecule has 1 aliphatic rings. The van der Waals surface area contributed by atoms with Crippen molar-refractivity contribution in [1.29, 1.82) is 0 Å². The molecule has 0 radical (unpaired) electrons. The number of hydrogen-bond acceptors (Lipinski definition) is 2. The summed E-state index contributed by atoms with van der Waals surface area (Å²) in [6.45, 7) is 10.8. The molecule has 0 aromatic heterocycles. The van der Waals surface area contributed by atoms with Crippen molar-refractivity contribution < 1.29 is 9.53 Å². The summed E-state index contributed by atoms with van der Waals surface area (Å²) in [7, 11) is 0. The second-order valence-corrected chi connectivity index (χ2v) is 5.94. The molecule has 1 aromatic carbocycles. The maximum absolute atomic E-state index is 12.6. The van der Waals surface area contributed by atoms with Gasteiger partial charge in [-0.15, -0.1) is 6.58 Å². The normalized spacial score (nSPS) is 16.0. The average molecular weight is 287 g/mol. The van der Waals surface area contributed by atoms with E-state index in [0.717, 1.165) is 49.2 Å². The van der Waals surface area contributed by atoms with Crippen LogP contribution in [0.5, 0.6) is 0 Å². The molecule has 1 amide bonds. The van der Waals surface area contributed by atoms with Gasteiger partial charge in [0.15, 0.2) is 0 Å². The van der Waals surface area contributed by atoms with Crippen molar-refractivity contribution in [3.05, 3.63) is 47.5 Å². The Bertz CT molecular complexity index is 482. The van der Waals surface area contributed by atoms with E-state index in [1.54, 1.807) is 6.08 Å². The Kier molecular flexibility index (Phi) is 5.57. The number of aryl methyl sites for hydroxylation is 2. The van der Waals surface area contributed by atoms with Crippen molar-refractivity contribution in [2.24, 2.45) is 5.92 Å². The van der Waals surface area contributed by atoms with Gasteiger partial charge in [0.25, 0.3) is 5.91 Å². The minimum absolute atomic E-state index is 0.159. The van der Waals surface area contributed by atoms with Crippen LogP contribution < -0.4 is 0 Å². The van der Waals surface area contributed by atoms with Crippen LogP contribution in [0.1, 0.15) is 34.3 Å². The average Bonchev–Trinajstić information content (AvgIpc) is 2.46. The molecule has 1 aliphatic heterocycles. The second-order valence-electron chi connectivity index (χ2n) is 5.94. The minimum atomic E-state index is 0.159. The van der Waals surface area contributed by atoms with Gasteiger partial charge in [-0.1, -0.05) is 23.3 Å². The van der Waals surface area contributed by atoms with E-state index in [1.807, 2.05) is 30.9 Å². The fourth-order valence-electron chi connectivity index (χ4n) is 2.90. The smallest absolute Gasteiger partial charge is 0.253 e. The van der Waals surface area contributed by atoms with Crippen LogP contribution in [0.15, 0.2) is 30.9 Å². The van der Waals surface area contributed by atoms with E-state index >= 15 is 0 Å². The summed E-state index contributed by atoms with van der Waals surface area (Å²) < 4.78 is 5.51. The Labute approximate surface area is 127 Å². The van der Waals surface area contributed by atoms with Crippen molar-refractivity contribution in [1.82, 2.24) is 4.90 Å². The number of rotatable bonds is 5. The lowest BCUT2D eigenvalue weighted by Gasteiger charge is -2.32. The molecule has 0 bridgehead atoms. The number of hydrogen-bond donors (Lipinski definition) is 0. The van der Waals surface area contributed by atoms with E-state index in [1.165, 1.54) is 0 Å². The van der Waals surface area contributed by atoms with Crippen LogP contribution in [0.2, 0.25) is 0 Å². The minimum Gasteiger partial charge on any atom is -0.377 e. The molecular formula is C18H25NO2.